The monoisotopic (exact) mass is 400 g/mol. The van der Waals surface area contributed by atoms with Crippen LogP contribution in [0.15, 0.2) is 77.9 Å². The number of nitrogens with zero attached hydrogens (tertiary/aromatic N) is 3. The second kappa shape index (κ2) is 8.17. The first kappa shape index (κ1) is 18.7. The lowest BCUT2D eigenvalue weighted by molar-refractivity contribution is 0.755. The van der Waals surface area contributed by atoms with E-state index in [1.165, 1.54) is 11.8 Å². The van der Waals surface area contributed by atoms with Gasteiger partial charge in [0.15, 0.2) is 0 Å². The normalized spacial score (nSPS) is 10.6. The number of aromatic amines is 1. The molecule has 1 aromatic carbocycles. The van der Waals surface area contributed by atoms with Crippen molar-refractivity contribution in [1.82, 2.24) is 14.5 Å². The van der Waals surface area contributed by atoms with E-state index < -0.39 is 0 Å². The zero-order valence-electron chi connectivity index (χ0n) is 15.5. The average Bonchev–Trinajstić information content (AvgIpc) is 3.15. The maximum absolute atomic E-state index is 11.6. The summed E-state index contributed by atoms with van der Waals surface area (Å²) < 4.78 is 2.18. The van der Waals surface area contributed by atoms with Crippen LogP contribution in [0.4, 0.5) is 0 Å². The molecule has 0 aliphatic carbocycles. The largest absolute Gasteiger partial charge is 0.347 e. The Morgan fingerprint density at radius 1 is 1.07 bits per heavy atom. The Balaban J connectivity index is 1.51. The number of hydrogen-bond donors (Lipinski definition) is 1. The minimum atomic E-state index is -0.252. The van der Waals surface area contributed by atoms with Crippen molar-refractivity contribution in [2.24, 2.45) is 0 Å². The van der Waals surface area contributed by atoms with Crippen molar-refractivity contribution in [3.63, 3.8) is 0 Å². The Morgan fingerprint density at radius 3 is 2.55 bits per heavy atom. The molecule has 0 saturated heterocycles. The number of halogens is 1. The maximum atomic E-state index is 11.6. The smallest absolute Gasteiger partial charge is 0.249 e. The molecule has 0 aliphatic rings. The topological polar surface area (TPSA) is 74.5 Å². The van der Waals surface area contributed by atoms with Crippen molar-refractivity contribution in [3.05, 3.63) is 111 Å². The highest BCUT2D eigenvalue weighted by Gasteiger charge is 2.06. The molecule has 0 atom stereocenters. The second-order valence-corrected chi connectivity index (χ2v) is 7.18. The number of rotatable bonds is 5. The molecule has 0 radical (unpaired) electrons. The van der Waals surface area contributed by atoms with Gasteiger partial charge >= 0.3 is 0 Å². The summed E-state index contributed by atoms with van der Waals surface area (Å²) in [6.45, 7) is 0.692. The molecule has 0 fully saturated rings. The third-order valence-electron chi connectivity index (χ3n) is 4.65. The molecule has 4 aromatic rings. The minimum Gasteiger partial charge on any atom is -0.347 e. The lowest BCUT2D eigenvalue weighted by atomic mass is 10.1. The molecule has 142 valence electrons. The van der Waals surface area contributed by atoms with Gasteiger partial charge in [0, 0.05) is 42.1 Å². The second-order valence-electron chi connectivity index (χ2n) is 6.74. The van der Waals surface area contributed by atoms with E-state index in [2.05, 4.69) is 26.7 Å². The molecule has 1 N–H and O–H groups in total. The fraction of sp³-hybridized carbons (Fsp3) is 0.0870. The van der Waals surface area contributed by atoms with Crippen LogP contribution >= 0.6 is 11.6 Å². The van der Waals surface area contributed by atoms with Crippen LogP contribution in [0.25, 0.3) is 11.4 Å². The number of nitriles is 1. The van der Waals surface area contributed by atoms with Crippen LogP contribution in [-0.4, -0.2) is 14.5 Å². The Hall–Kier alpha value is -3.62. The predicted octanol–water partition coefficient (Wildman–Crippen LogP) is 4.40. The van der Waals surface area contributed by atoms with Crippen molar-refractivity contribution < 1.29 is 0 Å². The van der Waals surface area contributed by atoms with Gasteiger partial charge in [0.2, 0.25) is 5.56 Å². The van der Waals surface area contributed by atoms with Crippen LogP contribution in [0.5, 0.6) is 0 Å². The van der Waals surface area contributed by atoms with Gasteiger partial charge in [0.1, 0.15) is 0 Å². The molecule has 0 spiro atoms. The van der Waals surface area contributed by atoms with E-state index in [4.69, 9.17) is 16.9 Å². The molecule has 0 unspecified atom stereocenters. The van der Waals surface area contributed by atoms with Gasteiger partial charge < -0.3 is 9.55 Å². The molecule has 0 bridgehead atoms. The first-order valence-electron chi connectivity index (χ1n) is 9.09. The van der Waals surface area contributed by atoms with E-state index in [9.17, 15) is 4.79 Å². The SMILES string of the molecule is N#Cc1ccc(Cc2cccn2Cc2ccc(-c3cc(Cl)cc(=O)[nH]3)nc2)cc1. The molecular weight excluding hydrogens is 384 g/mol. The fourth-order valence-corrected chi connectivity index (χ4v) is 3.40. The van der Waals surface area contributed by atoms with E-state index in [0.29, 0.717) is 28.5 Å². The van der Waals surface area contributed by atoms with Gasteiger partial charge in [0.25, 0.3) is 0 Å². The highest BCUT2D eigenvalue weighted by Crippen LogP contribution is 2.18. The van der Waals surface area contributed by atoms with E-state index in [1.54, 1.807) is 12.3 Å². The van der Waals surface area contributed by atoms with Crippen LogP contribution in [0.3, 0.4) is 0 Å². The van der Waals surface area contributed by atoms with Crippen LogP contribution in [-0.2, 0) is 13.0 Å². The van der Waals surface area contributed by atoms with E-state index in [-0.39, 0.29) is 5.56 Å². The molecule has 3 heterocycles. The van der Waals surface area contributed by atoms with Gasteiger partial charge in [0.05, 0.1) is 23.0 Å². The van der Waals surface area contributed by atoms with Crippen molar-refractivity contribution in [1.29, 1.82) is 5.26 Å². The number of hydrogen-bond acceptors (Lipinski definition) is 3. The molecule has 5 nitrogen and oxygen atoms in total. The summed E-state index contributed by atoms with van der Waals surface area (Å²) in [5.74, 6) is 0. The molecule has 0 amide bonds. The van der Waals surface area contributed by atoms with Crippen LogP contribution < -0.4 is 5.56 Å². The van der Waals surface area contributed by atoms with Crippen molar-refractivity contribution in [2.75, 3.05) is 0 Å². The third kappa shape index (κ3) is 4.45. The molecular formula is C23H17ClN4O. The van der Waals surface area contributed by atoms with Gasteiger partial charge in [-0.15, -0.1) is 0 Å². The highest BCUT2D eigenvalue weighted by molar-refractivity contribution is 6.30. The number of benzene rings is 1. The lowest BCUT2D eigenvalue weighted by Gasteiger charge is -2.10. The molecule has 6 heteroatoms. The van der Waals surface area contributed by atoms with Gasteiger partial charge in [-0.05, 0) is 47.5 Å². The van der Waals surface area contributed by atoms with Crippen LogP contribution in [0.1, 0.15) is 22.4 Å². The Kier molecular flexibility index (Phi) is 5.28. The highest BCUT2D eigenvalue weighted by atomic mass is 35.5. The molecule has 0 saturated carbocycles. The number of H-pyrrole nitrogens is 1. The Morgan fingerprint density at radius 2 is 1.86 bits per heavy atom. The van der Waals surface area contributed by atoms with Gasteiger partial charge in [-0.3, -0.25) is 9.78 Å². The van der Waals surface area contributed by atoms with Gasteiger partial charge in [-0.25, -0.2) is 0 Å². The standard InChI is InChI=1S/C23H17ClN4O/c24-19-11-22(27-23(29)12-19)21-8-7-18(14-26-21)15-28-9-1-2-20(28)10-16-3-5-17(13-25)6-4-16/h1-9,11-12,14H,10,15H2,(H,27,29). The van der Waals surface area contributed by atoms with Crippen molar-refractivity contribution in [3.8, 4) is 17.5 Å². The van der Waals surface area contributed by atoms with E-state index in [0.717, 1.165) is 17.5 Å². The summed E-state index contributed by atoms with van der Waals surface area (Å²) in [5.41, 5.74) is 5.06. The number of pyridine rings is 2. The molecule has 0 aliphatic heterocycles. The van der Waals surface area contributed by atoms with Crippen LogP contribution in [0.2, 0.25) is 5.02 Å². The molecule has 3 aromatic heterocycles. The minimum absolute atomic E-state index is 0.252. The molecule has 29 heavy (non-hydrogen) atoms. The summed E-state index contributed by atoms with van der Waals surface area (Å²) in [6, 6.07) is 20.8. The predicted molar refractivity (Wildman–Crippen MR) is 113 cm³/mol. The first-order chi connectivity index (χ1) is 14.1. The third-order valence-corrected chi connectivity index (χ3v) is 4.87. The van der Waals surface area contributed by atoms with Gasteiger partial charge in [-0.2, -0.15) is 5.26 Å². The molecule has 4 rings (SSSR count). The average molecular weight is 401 g/mol. The number of aromatic nitrogens is 3. The summed E-state index contributed by atoms with van der Waals surface area (Å²) in [6.07, 6.45) is 4.63. The lowest BCUT2D eigenvalue weighted by Crippen LogP contribution is -2.06. The van der Waals surface area contributed by atoms with Gasteiger partial charge in [-0.1, -0.05) is 29.8 Å². The van der Waals surface area contributed by atoms with Crippen molar-refractivity contribution >= 4 is 11.6 Å². The first-order valence-corrected chi connectivity index (χ1v) is 9.47. The van der Waals surface area contributed by atoms with Crippen LogP contribution in [0, 0.1) is 11.3 Å². The van der Waals surface area contributed by atoms with E-state index in [1.807, 2.05) is 48.7 Å². The summed E-state index contributed by atoms with van der Waals surface area (Å²) >= 11 is 5.96. The van der Waals surface area contributed by atoms with Crippen molar-refractivity contribution in [2.45, 2.75) is 13.0 Å². The zero-order chi connectivity index (χ0) is 20.2. The fourth-order valence-electron chi connectivity index (χ4n) is 3.19. The summed E-state index contributed by atoms with van der Waals surface area (Å²) in [5, 5.41) is 9.31. The zero-order valence-corrected chi connectivity index (χ0v) is 16.2. The number of nitrogens with one attached hydrogen (secondary N) is 1. The summed E-state index contributed by atoms with van der Waals surface area (Å²) in [4.78, 5) is 18.8. The summed E-state index contributed by atoms with van der Waals surface area (Å²) in [7, 11) is 0. The van der Waals surface area contributed by atoms with E-state index >= 15 is 0 Å². The Bertz CT molecular complexity index is 1230. The quantitative estimate of drug-likeness (QED) is 0.539. The Labute approximate surface area is 172 Å². The maximum Gasteiger partial charge on any atom is 0.249 e.